The Bertz CT molecular complexity index is 1090. The van der Waals surface area contributed by atoms with Crippen molar-refractivity contribution >= 4 is 17.2 Å². The maximum absolute atomic E-state index is 12.8. The Morgan fingerprint density at radius 1 is 1.03 bits per heavy atom. The van der Waals surface area contributed by atoms with Crippen molar-refractivity contribution in [3.05, 3.63) is 70.7 Å². The van der Waals surface area contributed by atoms with Gasteiger partial charge >= 0.3 is 6.18 Å². The maximum atomic E-state index is 12.8. The van der Waals surface area contributed by atoms with Crippen LogP contribution in [0.25, 0.3) is 10.6 Å². The monoisotopic (exact) mass is 489 g/mol. The number of amides is 1. The molecule has 4 rings (SSSR count). The molecule has 1 amide bonds. The second-order valence-corrected chi connectivity index (χ2v) is 9.08. The number of alkyl halides is 3. The van der Waals surface area contributed by atoms with E-state index in [0.29, 0.717) is 43.0 Å². The maximum Gasteiger partial charge on any atom is 0.416 e. The van der Waals surface area contributed by atoms with Gasteiger partial charge in [-0.15, -0.1) is 11.3 Å². The number of benzene rings is 2. The van der Waals surface area contributed by atoms with Crippen molar-refractivity contribution in [2.24, 2.45) is 0 Å². The summed E-state index contributed by atoms with van der Waals surface area (Å²) in [5, 5.41) is 2.65. The van der Waals surface area contributed by atoms with Gasteiger partial charge in [0.15, 0.2) is 0 Å². The van der Waals surface area contributed by atoms with Gasteiger partial charge in [-0.05, 0) is 36.2 Å². The van der Waals surface area contributed by atoms with Crippen molar-refractivity contribution in [3.8, 4) is 16.3 Å². The number of rotatable bonds is 7. The van der Waals surface area contributed by atoms with E-state index in [2.05, 4.69) is 9.88 Å². The topological polar surface area (TPSA) is 45.7 Å². The molecule has 1 aliphatic rings. The second kappa shape index (κ2) is 10.6. The SMILES string of the molecule is COc1ccc(CCC(=O)N2CCN(Cc3csc(-c4ccc(C(F)(F)F)cc4)n3)CC2)cc1. The first-order valence-electron chi connectivity index (χ1n) is 11.1. The van der Waals surface area contributed by atoms with Crippen LogP contribution in [-0.2, 0) is 23.9 Å². The fourth-order valence-electron chi connectivity index (χ4n) is 3.90. The van der Waals surface area contributed by atoms with Crippen molar-refractivity contribution < 1.29 is 22.7 Å². The lowest BCUT2D eigenvalue weighted by Gasteiger charge is -2.34. The Kier molecular flexibility index (Phi) is 7.53. The van der Waals surface area contributed by atoms with Crippen LogP contribution in [0.2, 0.25) is 0 Å². The van der Waals surface area contributed by atoms with Crippen molar-refractivity contribution in [1.82, 2.24) is 14.8 Å². The highest BCUT2D eigenvalue weighted by Gasteiger charge is 2.30. The number of carbonyl (C=O) groups is 1. The van der Waals surface area contributed by atoms with E-state index in [1.165, 1.54) is 23.5 Å². The number of hydrogen-bond donors (Lipinski definition) is 0. The van der Waals surface area contributed by atoms with Gasteiger partial charge in [0.1, 0.15) is 10.8 Å². The number of carbonyl (C=O) groups excluding carboxylic acids is 1. The average Bonchev–Trinajstić information content (AvgIpc) is 3.31. The first kappa shape index (κ1) is 24.2. The molecule has 5 nitrogen and oxygen atoms in total. The third-order valence-corrected chi connectivity index (χ3v) is 6.85. The molecule has 0 saturated carbocycles. The van der Waals surface area contributed by atoms with E-state index in [4.69, 9.17) is 4.74 Å². The number of aryl methyl sites for hydroxylation is 1. The van der Waals surface area contributed by atoms with E-state index < -0.39 is 11.7 Å². The Labute approximate surface area is 200 Å². The van der Waals surface area contributed by atoms with Crippen molar-refractivity contribution in [3.63, 3.8) is 0 Å². The van der Waals surface area contributed by atoms with Crippen LogP contribution in [0.5, 0.6) is 5.75 Å². The number of nitrogens with zero attached hydrogens (tertiary/aromatic N) is 3. The van der Waals surface area contributed by atoms with Gasteiger partial charge in [0.25, 0.3) is 0 Å². The highest BCUT2D eigenvalue weighted by atomic mass is 32.1. The van der Waals surface area contributed by atoms with Crippen LogP contribution in [-0.4, -0.2) is 54.0 Å². The summed E-state index contributed by atoms with van der Waals surface area (Å²) in [6, 6.07) is 12.9. The summed E-state index contributed by atoms with van der Waals surface area (Å²) in [7, 11) is 1.63. The zero-order chi connectivity index (χ0) is 24.1. The van der Waals surface area contributed by atoms with Gasteiger partial charge in [-0.25, -0.2) is 4.98 Å². The molecule has 0 aliphatic carbocycles. The lowest BCUT2D eigenvalue weighted by atomic mass is 10.1. The molecule has 9 heteroatoms. The Hall–Kier alpha value is -2.91. The fourth-order valence-corrected chi connectivity index (χ4v) is 4.72. The average molecular weight is 490 g/mol. The van der Waals surface area contributed by atoms with E-state index in [-0.39, 0.29) is 5.91 Å². The van der Waals surface area contributed by atoms with E-state index >= 15 is 0 Å². The molecule has 0 unspecified atom stereocenters. The molecule has 0 spiro atoms. The summed E-state index contributed by atoms with van der Waals surface area (Å²) >= 11 is 1.43. The minimum absolute atomic E-state index is 0.161. The summed E-state index contributed by atoms with van der Waals surface area (Å²) in [6.07, 6.45) is -3.16. The molecule has 0 N–H and O–H groups in total. The number of piperazine rings is 1. The third kappa shape index (κ3) is 6.15. The summed E-state index contributed by atoms with van der Waals surface area (Å²) < 4.78 is 43.5. The molecule has 180 valence electrons. The summed E-state index contributed by atoms with van der Waals surface area (Å²) in [4.78, 5) is 21.4. The first-order chi connectivity index (χ1) is 16.3. The Balaban J connectivity index is 1.24. The minimum Gasteiger partial charge on any atom is -0.497 e. The largest absolute Gasteiger partial charge is 0.497 e. The Morgan fingerprint density at radius 2 is 1.71 bits per heavy atom. The van der Waals surface area contributed by atoms with Crippen LogP contribution < -0.4 is 4.74 Å². The fraction of sp³-hybridized carbons (Fsp3) is 0.360. The first-order valence-corrected chi connectivity index (χ1v) is 11.9. The highest BCUT2D eigenvalue weighted by Crippen LogP contribution is 2.32. The van der Waals surface area contributed by atoms with E-state index in [9.17, 15) is 18.0 Å². The van der Waals surface area contributed by atoms with Gasteiger partial charge < -0.3 is 9.64 Å². The Morgan fingerprint density at radius 3 is 2.32 bits per heavy atom. The van der Waals surface area contributed by atoms with E-state index in [1.807, 2.05) is 34.5 Å². The molecular weight excluding hydrogens is 463 g/mol. The summed E-state index contributed by atoms with van der Waals surface area (Å²) in [6.45, 7) is 3.54. The summed E-state index contributed by atoms with van der Waals surface area (Å²) in [5.74, 6) is 0.964. The van der Waals surface area contributed by atoms with Crippen molar-refractivity contribution in [1.29, 1.82) is 0 Å². The lowest BCUT2D eigenvalue weighted by molar-refractivity contribution is -0.137. The van der Waals surface area contributed by atoms with Gasteiger partial charge in [0, 0.05) is 50.1 Å². The van der Waals surface area contributed by atoms with E-state index in [1.54, 1.807) is 7.11 Å². The van der Waals surface area contributed by atoms with Gasteiger partial charge in [-0.2, -0.15) is 13.2 Å². The molecule has 0 radical (unpaired) electrons. The molecule has 1 saturated heterocycles. The predicted molar refractivity (Wildman–Crippen MR) is 126 cm³/mol. The number of aromatic nitrogens is 1. The zero-order valence-electron chi connectivity index (χ0n) is 18.8. The van der Waals surface area contributed by atoms with Crippen LogP contribution in [0.1, 0.15) is 23.2 Å². The van der Waals surface area contributed by atoms with Crippen LogP contribution in [0.3, 0.4) is 0 Å². The molecule has 1 aromatic heterocycles. The van der Waals surface area contributed by atoms with Gasteiger partial charge in [-0.3, -0.25) is 9.69 Å². The molecule has 34 heavy (non-hydrogen) atoms. The van der Waals surface area contributed by atoms with Crippen molar-refractivity contribution in [2.45, 2.75) is 25.6 Å². The van der Waals surface area contributed by atoms with Crippen molar-refractivity contribution in [2.75, 3.05) is 33.3 Å². The van der Waals surface area contributed by atoms with Crippen LogP contribution in [0, 0.1) is 0 Å². The van der Waals surface area contributed by atoms with E-state index in [0.717, 1.165) is 42.2 Å². The number of halogens is 3. The van der Waals surface area contributed by atoms with Gasteiger partial charge in [0.2, 0.25) is 5.91 Å². The minimum atomic E-state index is -4.34. The van der Waals surface area contributed by atoms with Crippen LogP contribution in [0.15, 0.2) is 53.9 Å². The quantitative estimate of drug-likeness (QED) is 0.463. The lowest BCUT2D eigenvalue weighted by Crippen LogP contribution is -2.48. The molecule has 0 bridgehead atoms. The van der Waals surface area contributed by atoms with Crippen LogP contribution in [0.4, 0.5) is 13.2 Å². The number of ether oxygens (including phenoxy) is 1. The van der Waals surface area contributed by atoms with Gasteiger partial charge in [0.05, 0.1) is 18.4 Å². The summed E-state index contributed by atoms with van der Waals surface area (Å²) in [5.41, 5.74) is 2.01. The zero-order valence-corrected chi connectivity index (χ0v) is 19.7. The highest BCUT2D eigenvalue weighted by molar-refractivity contribution is 7.13. The molecular formula is C25H26F3N3O2S. The second-order valence-electron chi connectivity index (χ2n) is 8.22. The smallest absolute Gasteiger partial charge is 0.416 e. The predicted octanol–water partition coefficient (Wildman–Crippen LogP) is 5.11. The number of thiazole rings is 1. The molecule has 3 aromatic rings. The van der Waals surface area contributed by atoms with Crippen LogP contribution >= 0.6 is 11.3 Å². The number of methoxy groups -OCH3 is 1. The third-order valence-electron chi connectivity index (χ3n) is 5.91. The normalized spacial score (nSPS) is 14.9. The standard InChI is InChI=1S/C25H26F3N3O2S/c1-33-22-9-2-18(3-10-22)4-11-23(32)31-14-12-30(13-15-31)16-21-17-34-24(29-21)19-5-7-20(8-6-19)25(26,27)28/h2-3,5-10,17H,4,11-16H2,1H3. The molecule has 2 heterocycles. The molecule has 1 fully saturated rings. The molecule has 0 atom stereocenters. The molecule has 1 aliphatic heterocycles. The number of hydrogen-bond acceptors (Lipinski definition) is 5. The molecule has 2 aromatic carbocycles. The van der Waals surface area contributed by atoms with Gasteiger partial charge in [-0.1, -0.05) is 24.3 Å².